The summed E-state index contributed by atoms with van der Waals surface area (Å²) in [6.07, 6.45) is -1.09. The number of benzene rings is 6. The second kappa shape index (κ2) is 23.2. The van der Waals surface area contributed by atoms with Gasteiger partial charge in [-0.25, -0.2) is 9.59 Å². The van der Waals surface area contributed by atoms with Crippen molar-refractivity contribution in [1.82, 2.24) is 20.4 Å². The number of cyclic esters (lactones) is 2. The van der Waals surface area contributed by atoms with Crippen molar-refractivity contribution in [2.45, 2.75) is 32.1 Å². The first-order valence-corrected chi connectivity index (χ1v) is 25.8. The normalized spacial score (nSPS) is 17.4. The van der Waals surface area contributed by atoms with Crippen LogP contribution in [-0.2, 0) is 33.3 Å². The van der Waals surface area contributed by atoms with Gasteiger partial charge >= 0.3 is 18.2 Å². The molecule has 0 bridgehead atoms. The Morgan fingerprint density at radius 2 is 1.07 bits per heavy atom. The van der Waals surface area contributed by atoms with Gasteiger partial charge in [0, 0.05) is 66.4 Å². The molecule has 3 aliphatic rings. The lowest BCUT2D eigenvalue weighted by Gasteiger charge is -2.37. The van der Waals surface area contributed by atoms with E-state index in [1.54, 1.807) is 77.7 Å². The molecule has 384 valence electrons. The summed E-state index contributed by atoms with van der Waals surface area (Å²) in [6, 6.07) is 39.3. The zero-order valence-corrected chi connectivity index (χ0v) is 41.8. The van der Waals surface area contributed by atoms with Gasteiger partial charge in [-0.3, -0.25) is 49.0 Å². The molecule has 20 heteroatoms. The first-order chi connectivity index (χ1) is 35.5. The maximum atomic E-state index is 12.7. The van der Waals surface area contributed by atoms with Crippen molar-refractivity contribution in [1.29, 1.82) is 10.8 Å². The number of anilines is 2. The highest BCUT2D eigenvalue weighted by Crippen LogP contribution is 2.25. The molecule has 4 amide bonds. The van der Waals surface area contributed by atoms with E-state index in [0.29, 0.717) is 53.3 Å². The van der Waals surface area contributed by atoms with Crippen molar-refractivity contribution >= 4 is 84.7 Å². The van der Waals surface area contributed by atoms with Crippen LogP contribution in [-0.4, -0.2) is 143 Å². The number of fused-ring (bicyclic) bond motifs is 2. The Hall–Kier alpha value is -8.04. The van der Waals surface area contributed by atoms with E-state index in [1.165, 1.54) is 4.90 Å². The minimum absolute atomic E-state index is 0.0204. The molecule has 3 unspecified atom stereocenters. The molecule has 3 saturated heterocycles. The Morgan fingerprint density at radius 3 is 1.53 bits per heavy atom. The monoisotopic (exact) mass is 1020 g/mol. The Morgan fingerprint density at radius 1 is 0.635 bits per heavy atom. The number of nitrogens with one attached hydrogen (secondary N) is 4. The highest BCUT2D eigenvalue weighted by atomic mass is 32.2. The molecule has 0 radical (unpaired) electrons. The number of esters is 1. The van der Waals surface area contributed by atoms with Gasteiger partial charge in [-0.15, -0.1) is 0 Å². The van der Waals surface area contributed by atoms with Gasteiger partial charge < -0.3 is 24.8 Å². The predicted molar refractivity (Wildman–Crippen MR) is 280 cm³/mol. The van der Waals surface area contributed by atoms with Crippen LogP contribution in [0.1, 0.15) is 45.7 Å². The van der Waals surface area contributed by atoms with Gasteiger partial charge in [0.2, 0.25) is 0 Å². The summed E-state index contributed by atoms with van der Waals surface area (Å²) in [5.41, 5.74) is 3.09. The van der Waals surface area contributed by atoms with Gasteiger partial charge in [-0.05, 0) is 108 Å². The third kappa shape index (κ3) is 13.1. The summed E-state index contributed by atoms with van der Waals surface area (Å²) < 4.78 is 42.8. The maximum Gasteiger partial charge on any atom is 0.414 e. The Kier molecular flexibility index (Phi) is 16.4. The Balaban J connectivity index is 0.000000202. The average Bonchev–Trinajstić information content (AvgIpc) is 3.98. The third-order valence-electron chi connectivity index (χ3n) is 12.7. The van der Waals surface area contributed by atoms with E-state index in [0.717, 1.165) is 54.0 Å². The number of nitrogens with zero attached hydrogens (tertiary/aromatic N) is 4. The number of amidine groups is 2. The largest absolute Gasteiger partial charge is 0.465 e. The van der Waals surface area contributed by atoms with Crippen molar-refractivity contribution in [2.75, 3.05) is 75.1 Å². The van der Waals surface area contributed by atoms with E-state index >= 15 is 0 Å². The zero-order valence-electron chi connectivity index (χ0n) is 41.0. The molecule has 6 aromatic carbocycles. The van der Waals surface area contributed by atoms with Crippen LogP contribution in [0.4, 0.5) is 21.0 Å². The minimum Gasteiger partial charge on any atom is -0.465 e. The van der Waals surface area contributed by atoms with Crippen LogP contribution in [0.5, 0.6) is 0 Å². The molecule has 19 nitrogen and oxygen atoms in total. The SMILES string of the molecule is CCOC(=O)C(C)N1CCN(CC2CN(c3ccc(C(=N)NC(=O)c4ccc5ccccc5c4)cc3)C(=O)O2)CC1.CS(=O)(=O)OCC1CN(c2ccc(C(=N)NC(=O)c3ccc4ccccc4c3)cc2)C(=O)O1. The van der Waals surface area contributed by atoms with E-state index < -0.39 is 34.3 Å². The molecule has 4 N–H and O–H groups in total. The number of amides is 4. The summed E-state index contributed by atoms with van der Waals surface area (Å²) in [4.78, 5) is 69.4. The Bertz CT molecular complexity index is 3200. The number of rotatable bonds is 14. The fraction of sp³-hybridized carbons (Fsp3) is 0.278. The minimum atomic E-state index is -3.64. The summed E-state index contributed by atoms with van der Waals surface area (Å²) in [7, 11) is -3.64. The summed E-state index contributed by atoms with van der Waals surface area (Å²) in [5.74, 6) is -1.05. The van der Waals surface area contributed by atoms with E-state index in [1.807, 2.05) is 74.5 Å². The van der Waals surface area contributed by atoms with E-state index in [-0.39, 0.29) is 48.8 Å². The topological polar surface area (TPSA) is 241 Å². The highest BCUT2D eigenvalue weighted by Gasteiger charge is 2.36. The molecule has 3 atom stereocenters. The van der Waals surface area contributed by atoms with Crippen LogP contribution < -0.4 is 20.4 Å². The number of carbonyl (C=O) groups excluding carboxylic acids is 5. The first kappa shape index (κ1) is 52.3. The molecule has 3 fully saturated rings. The van der Waals surface area contributed by atoms with Crippen molar-refractivity contribution in [3.63, 3.8) is 0 Å². The van der Waals surface area contributed by atoms with E-state index in [4.69, 9.17) is 29.2 Å². The number of carbonyl (C=O) groups is 5. The van der Waals surface area contributed by atoms with Crippen LogP contribution in [0, 0.1) is 10.8 Å². The smallest absolute Gasteiger partial charge is 0.414 e. The van der Waals surface area contributed by atoms with Gasteiger partial charge in [0.15, 0.2) is 0 Å². The van der Waals surface area contributed by atoms with E-state index in [9.17, 15) is 32.4 Å². The molecule has 9 rings (SSSR count). The lowest BCUT2D eigenvalue weighted by molar-refractivity contribution is -0.149. The van der Waals surface area contributed by atoms with Crippen LogP contribution in [0.3, 0.4) is 0 Å². The molecule has 0 aliphatic carbocycles. The van der Waals surface area contributed by atoms with Crippen molar-refractivity contribution in [2.24, 2.45) is 0 Å². The van der Waals surface area contributed by atoms with Gasteiger partial charge in [-0.2, -0.15) is 8.42 Å². The second-order valence-corrected chi connectivity index (χ2v) is 19.5. The number of hydrogen-bond donors (Lipinski definition) is 4. The van der Waals surface area contributed by atoms with Gasteiger partial charge in [0.25, 0.3) is 21.9 Å². The quantitative estimate of drug-likeness (QED) is 0.0305. The van der Waals surface area contributed by atoms with Crippen molar-refractivity contribution in [3.05, 3.63) is 156 Å². The maximum absolute atomic E-state index is 12.7. The van der Waals surface area contributed by atoms with Gasteiger partial charge in [-0.1, -0.05) is 60.7 Å². The third-order valence-corrected chi connectivity index (χ3v) is 13.3. The van der Waals surface area contributed by atoms with Crippen molar-refractivity contribution in [3.8, 4) is 0 Å². The van der Waals surface area contributed by atoms with Gasteiger partial charge in [0.1, 0.15) is 36.5 Å². The van der Waals surface area contributed by atoms with Crippen molar-refractivity contribution < 1.29 is 50.8 Å². The molecule has 0 spiro atoms. The average molecular weight is 1030 g/mol. The summed E-state index contributed by atoms with van der Waals surface area (Å²) >= 11 is 0. The fourth-order valence-electron chi connectivity index (χ4n) is 8.67. The molecule has 0 saturated carbocycles. The molecular formula is C54H56N8O11S. The number of ether oxygens (including phenoxy) is 3. The second-order valence-electron chi connectivity index (χ2n) is 17.9. The zero-order chi connectivity index (χ0) is 52.5. The fourth-order valence-corrected chi connectivity index (χ4v) is 9.07. The molecule has 6 aromatic rings. The van der Waals surface area contributed by atoms with Crippen LogP contribution in [0.25, 0.3) is 21.5 Å². The van der Waals surface area contributed by atoms with Crippen LogP contribution >= 0.6 is 0 Å². The van der Waals surface area contributed by atoms with Gasteiger partial charge in [0.05, 0.1) is 26.0 Å². The standard InChI is InChI=1S/C31H35N5O5.C23H21N3O6S/c1-3-40-30(38)21(2)35-16-14-34(15-17-35)19-27-20-36(31(39)41-27)26-12-10-23(11-13-26)28(32)33-29(37)25-9-8-22-6-4-5-7-24(22)18-25;1-33(29,30)31-14-20-13-26(23(28)32-20)19-10-8-16(9-11-19)21(24)25-22(27)18-7-6-15-4-2-3-5-17(15)12-18/h4-13,18,21,27H,3,14-17,19-20H2,1-2H3,(H2,32,33,37);2-12,20H,13-14H2,1H3,(H2,24,25,27). The van der Waals surface area contributed by atoms with Crippen LogP contribution in [0.2, 0.25) is 0 Å². The summed E-state index contributed by atoms with van der Waals surface area (Å²) in [6.45, 7) is 8.01. The molecule has 74 heavy (non-hydrogen) atoms. The van der Waals surface area contributed by atoms with E-state index in [2.05, 4.69) is 20.4 Å². The highest BCUT2D eigenvalue weighted by molar-refractivity contribution is 7.86. The number of hydrogen-bond acceptors (Lipinski definition) is 15. The molecule has 3 heterocycles. The Labute approximate surface area is 428 Å². The lowest BCUT2D eigenvalue weighted by atomic mass is 10.1. The van der Waals surface area contributed by atoms with Crippen LogP contribution in [0.15, 0.2) is 133 Å². The lowest BCUT2D eigenvalue weighted by Crippen LogP contribution is -2.53. The molecule has 0 aromatic heterocycles. The number of piperazine rings is 1. The predicted octanol–water partition coefficient (Wildman–Crippen LogP) is 6.39. The first-order valence-electron chi connectivity index (χ1n) is 23.9. The molecule has 3 aliphatic heterocycles. The summed E-state index contributed by atoms with van der Waals surface area (Å²) in [5, 5.41) is 25.8. The molecular weight excluding hydrogens is 969 g/mol.